The molecule has 0 radical (unpaired) electrons. The number of hydrogen-bond acceptors (Lipinski definition) is 5. The Bertz CT molecular complexity index is 1090. The van der Waals surface area contributed by atoms with Crippen LogP contribution in [0.2, 0.25) is 5.02 Å². The summed E-state index contributed by atoms with van der Waals surface area (Å²) in [7, 11) is 0. The highest BCUT2D eigenvalue weighted by Crippen LogP contribution is 2.34. The number of aryl methyl sites for hydroxylation is 1. The van der Waals surface area contributed by atoms with E-state index in [-0.39, 0.29) is 30.8 Å². The lowest BCUT2D eigenvalue weighted by Crippen LogP contribution is -2.54. The SMILES string of the molecule is Cc1ccc(F)cc1NC(=O)CN1NC2C3CC(c4ccc(Cl)cc4)NN3C=CN2C1=O. The third-order valence-electron chi connectivity index (χ3n) is 5.98. The number of fused-ring (bicyclic) bond motifs is 3. The van der Waals surface area contributed by atoms with Crippen LogP contribution >= 0.6 is 11.6 Å². The molecule has 3 aliphatic heterocycles. The molecule has 5 rings (SSSR count). The second-order valence-electron chi connectivity index (χ2n) is 8.10. The first kappa shape index (κ1) is 20.7. The zero-order valence-electron chi connectivity index (χ0n) is 17.3. The monoisotopic (exact) mass is 456 g/mol. The van der Waals surface area contributed by atoms with Crippen LogP contribution in [0.4, 0.5) is 14.9 Å². The maximum atomic E-state index is 13.5. The molecule has 3 amide bonds. The standard InChI is InChI=1S/C22H22ClFN6O2/c1-13-2-7-16(24)10-17(13)25-20(31)12-30-22(32)28-8-9-29-19(21(28)27-30)11-18(26-29)14-3-5-15(23)6-4-14/h2-10,18-19,21,26-27H,11-12H2,1H3,(H,25,31). The van der Waals surface area contributed by atoms with Gasteiger partial charge in [-0.3, -0.25) is 9.69 Å². The number of anilines is 1. The molecule has 10 heteroatoms. The van der Waals surface area contributed by atoms with Gasteiger partial charge in [0, 0.05) is 23.1 Å². The van der Waals surface area contributed by atoms with Crippen molar-refractivity contribution in [2.45, 2.75) is 31.6 Å². The van der Waals surface area contributed by atoms with Crippen molar-refractivity contribution < 1.29 is 14.0 Å². The fourth-order valence-electron chi connectivity index (χ4n) is 4.31. The van der Waals surface area contributed by atoms with Gasteiger partial charge in [0.15, 0.2) is 0 Å². The molecule has 3 atom stereocenters. The van der Waals surface area contributed by atoms with Crippen molar-refractivity contribution in [3.8, 4) is 0 Å². The van der Waals surface area contributed by atoms with Crippen LogP contribution in [0.1, 0.15) is 23.6 Å². The van der Waals surface area contributed by atoms with Gasteiger partial charge in [0.2, 0.25) is 5.91 Å². The number of nitrogens with one attached hydrogen (secondary N) is 3. The quantitative estimate of drug-likeness (QED) is 0.659. The van der Waals surface area contributed by atoms with Gasteiger partial charge < -0.3 is 10.3 Å². The summed E-state index contributed by atoms with van der Waals surface area (Å²) in [6.07, 6.45) is 3.97. The largest absolute Gasteiger partial charge is 0.340 e. The summed E-state index contributed by atoms with van der Waals surface area (Å²) in [5.41, 5.74) is 8.84. The predicted molar refractivity (Wildman–Crippen MR) is 117 cm³/mol. The van der Waals surface area contributed by atoms with E-state index in [4.69, 9.17) is 11.6 Å². The Labute approximate surface area is 189 Å². The molecular formula is C22H22ClFN6O2. The van der Waals surface area contributed by atoms with Crippen LogP contribution in [0.3, 0.4) is 0 Å². The molecule has 32 heavy (non-hydrogen) atoms. The van der Waals surface area contributed by atoms with Crippen LogP contribution < -0.4 is 16.2 Å². The third kappa shape index (κ3) is 3.79. The van der Waals surface area contributed by atoms with E-state index in [1.807, 2.05) is 35.5 Å². The molecule has 8 nitrogen and oxygen atoms in total. The third-order valence-corrected chi connectivity index (χ3v) is 6.23. The van der Waals surface area contributed by atoms with Crippen molar-refractivity contribution in [3.63, 3.8) is 0 Å². The van der Waals surface area contributed by atoms with Crippen molar-refractivity contribution in [1.82, 2.24) is 25.8 Å². The van der Waals surface area contributed by atoms with E-state index in [0.717, 1.165) is 17.5 Å². The van der Waals surface area contributed by atoms with Crippen LogP contribution in [0.5, 0.6) is 0 Å². The molecule has 0 saturated carbocycles. The normalized spacial score (nSPS) is 24.0. The van der Waals surface area contributed by atoms with E-state index in [0.29, 0.717) is 10.7 Å². The maximum absolute atomic E-state index is 13.5. The Hall–Kier alpha value is -3.14. The summed E-state index contributed by atoms with van der Waals surface area (Å²) in [6, 6.07) is 11.6. The Morgan fingerprint density at radius 3 is 2.75 bits per heavy atom. The molecule has 166 valence electrons. The zero-order valence-corrected chi connectivity index (χ0v) is 18.0. The molecule has 2 aromatic carbocycles. The average Bonchev–Trinajstić information content (AvgIpc) is 3.33. The summed E-state index contributed by atoms with van der Waals surface area (Å²) in [6.45, 7) is 1.58. The van der Waals surface area contributed by atoms with Crippen molar-refractivity contribution >= 4 is 29.2 Å². The highest BCUT2D eigenvalue weighted by atomic mass is 35.5. The Kier molecular flexibility index (Phi) is 5.24. The highest BCUT2D eigenvalue weighted by Gasteiger charge is 2.48. The fraction of sp³-hybridized carbons (Fsp3) is 0.273. The number of carbonyl (C=O) groups excluding carboxylic acids is 2. The van der Waals surface area contributed by atoms with Gasteiger partial charge in [0.05, 0.1) is 12.1 Å². The smallest absolute Gasteiger partial charge is 0.324 e. The minimum atomic E-state index is -0.437. The first-order valence-corrected chi connectivity index (χ1v) is 10.7. The van der Waals surface area contributed by atoms with E-state index in [1.54, 1.807) is 24.1 Å². The van der Waals surface area contributed by atoms with Gasteiger partial charge in [-0.15, -0.1) is 0 Å². The molecule has 3 heterocycles. The first-order valence-electron chi connectivity index (χ1n) is 10.3. The second-order valence-corrected chi connectivity index (χ2v) is 8.54. The summed E-state index contributed by atoms with van der Waals surface area (Å²) in [4.78, 5) is 27.0. The van der Waals surface area contributed by atoms with Crippen molar-refractivity contribution in [2.75, 3.05) is 11.9 Å². The predicted octanol–water partition coefficient (Wildman–Crippen LogP) is 3.10. The van der Waals surface area contributed by atoms with Gasteiger partial charge in [-0.05, 0) is 48.7 Å². The molecular weight excluding hydrogens is 435 g/mol. The Morgan fingerprint density at radius 2 is 1.97 bits per heavy atom. The number of hydrogen-bond donors (Lipinski definition) is 3. The van der Waals surface area contributed by atoms with Crippen LogP contribution in [-0.2, 0) is 4.79 Å². The molecule has 0 aliphatic carbocycles. The summed E-state index contributed by atoms with van der Waals surface area (Å²) >= 11 is 6.00. The first-order chi connectivity index (χ1) is 15.4. The topological polar surface area (TPSA) is 80.0 Å². The van der Waals surface area contributed by atoms with E-state index < -0.39 is 11.7 Å². The molecule has 3 unspecified atom stereocenters. The van der Waals surface area contributed by atoms with Crippen molar-refractivity contribution in [1.29, 1.82) is 0 Å². The highest BCUT2D eigenvalue weighted by molar-refractivity contribution is 6.30. The van der Waals surface area contributed by atoms with E-state index in [2.05, 4.69) is 16.2 Å². The lowest BCUT2D eigenvalue weighted by atomic mass is 10.00. The van der Waals surface area contributed by atoms with Gasteiger partial charge >= 0.3 is 6.03 Å². The summed E-state index contributed by atoms with van der Waals surface area (Å²) < 4.78 is 13.5. The van der Waals surface area contributed by atoms with Gasteiger partial charge in [-0.2, -0.15) is 0 Å². The number of halogens is 2. The number of benzene rings is 2. The minimum Gasteiger partial charge on any atom is -0.324 e. The molecule has 3 N–H and O–H groups in total. The number of urea groups is 1. The average molecular weight is 457 g/mol. The molecule has 2 fully saturated rings. The molecule has 3 aliphatic rings. The molecule has 0 spiro atoms. The van der Waals surface area contributed by atoms with Gasteiger partial charge in [0.1, 0.15) is 18.5 Å². The fourth-order valence-corrected chi connectivity index (χ4v) is 4.43. The lowest BCUT2D eigenvalue weighted by Gasteiger charge is -2.34. The number of nitrogens with zero attached hydrogens (tertiary/aromatic N) is 3. The molecule has 0 bridgehead atoms. The number of carbonyl (C=O) groups is 2. The number of hydrazine groups is 2. The van der Waals surface area contributed by atoms with Crippen LogP contribution in [0.15, 0.2) is 54.9 Å². The van der Waals surface area contributed by atoms with Gasteiger partial charge in [-0.1, -0.05) is 29.8 Å². The summed E-state index contributed by atoms with van der Waals surface area (Å²) in [5.74, 6) is -0.851. The summed E-state index contributed by atoms with van der Waals surface area (Å²) in [5, 5.41) is 6.63. The lowest BCUT2D eigenvalue weighted by molar-refractivity contribution is -0.117. The minimum absolute atomic E-state index is 0.0249. The molecule has 2 saturated heterocycles. The van der Waals surface area contributed by atoms with E-state index in [1.165, 1.54) is 17.1 Å². The zero-order chi connectivity index (χ0) is 22.4. The second kappa shape index (κ2) is 8.09. The molecule has 0 aromatic heterocycles. The van der Waals surface area contributed by atoms with Crippen molar-refractivity contribution in [3.05, 3.63) is 76.8 Å². The molecule has 2 aromatic rings. The Balaban J connectivity index is 1.26. The number of amides is 3. The maximum Gasteiger partial charge on any atom is 0.340 e. The van der Waals surface area contributed by atoms with Crippen molar-refractivity contribution in [2.24, 2.45) is 0 Å². The van der Waals surface area contributed by atoms with E-state index in [9.17, 15) is 14.0 Å². The van der Waals surface area contributed by atoms with E-state index >= 15 is 0 Å². The van der Waals surface area contributed by atoms with Gasteiger partial charge in [-0.25, -0.2) is 25.0 Å². The van der Waals surface area contributed by atoms with Crippen LogP contribution in [-0.4, -0.2) is 45.6 Å². The van der Waals surface area contributed by atoms with Crippen LogP contribution in [0, 0.1) is 12.7 Å². The Morgan fingerprint density at radius 1 is 1.19 bits per heavy atom. The number of rotatable bonds is 4. The van der Waals surface area contributed by atoms with Crippen LogP contribution in [0.25, 0.3) is 0 Å². The van der Waals surface area contributed by atoms with Gasteiger partial charge in [0.25, 0.3) is 0 Å².